The number of nitrogens with zero attached hydrogens (tertiary/aromatic N) is 5. The molecule has 43 heavy (non-hydrogen) atoms. The standard InChI is InChI=1S/C30H27BrN6O5S/c1-3-41-23-15-13-22(14-16-23)37-29(40)24(17-26(38)32-21-11-9-20(31)10-12-21)36(30(37)43)18-25-28(42-34-35(25)2)33-27(39)19-7-5-4-6-8-19/h4-16,24H,3,17-18H2,1-2H3,(H-,32,33,34,38,39). The molecule has 1 unspecified atom stereocenters. The summed E-state index contributed by atoms with van der Waals surface area (Å²) in [4.78, 5) is 34.2. The lowest BCUT2D eigenvalue weighted by Gasteiger charge is -2.22. The summed E-state index contributed by atoms with van der Waals surface area (Å²) in [6.07, 6.45) is -0.188. The van der Waals surface area contributed by atoms with Crippen molar-refractivity contribution >= 4 is 68.2 Å². The number of carbonyl (C=O) groups is 2. The molecule has 1 atom stereocenters. The molecule has 0 bridgehead atoms. The van der Waals surface area contributed by atoms with Crippen molar-refractivity contribution in [3.05, 3.63) is 94.6 Å². The molecule has 2 heterocycles. The summed E-state index contributed by atoms with van der Waals surface area (Å²) in [5.41, 5.74) is 1.88. The maximum Gasteiger partial charge on any atom is 0.325 e. The summed E-state index contributed by atoms with van der Waals surface area (Å²) in [7, 11) is 1.63. The minimum atomic E-state index is -0.956. The maximum absolute atomic E-state index is 13.9. The van der Waals surface area contributed by atoms with Gasteiger partial charge in [-0.2, -0.15) is 0 Å². The van der Waals surface area contributed by atoms with E-state index in [1.807, 2.05) is 6.92 Å². The van der Waals surface area contributed by atoms with Gasteiger partial charge in [-0.25, -0.2) is 4.99 Å². The van der Waals surface area contributed by atoms with E-state index >= 15 is 0 Å². The number of halogens is 1. The molecule has 1 fully saturated rings. The van der Waals surface area contributed by atoms with Crippen molar-refractivity contribution in [2.45, 2.75) is 25.9 Å². The van der Waals surface area contributed by atoms with Crippen LogP contribution >= 0.6 is 28.1 Å². The van der Waals surface area contributed by atoms with Gasteiger partial charge < -0.3 is 20.1 Å². The van der Waals surface area contributed by atoms with Crippen LogP contribution in [0.25, 0.3) is 0 Å². The van der Waals surface area contributed by atoms with Crippen LogP contribution in [-0.2, 0) is 23.2 Å². The molecule has 1 N–H and O–H groups in total. The van der Waals surface area contributed by atoms with Gasteiger partial charge in [-0.05, 0) is 83.8 Å². The van der Waals surface area contributed by atoms with Crippen LogP contribution in [0.1, 0.15) is 24.6 Å². The second-order valence-corrected chi connectivity index (χ2v) is 10.8. The highest BCUT2D eigenvalue weighted by Crippen LogP contribution is 2.31. The number of aryl methyl sites for hydroxylation is 1. The van der Waals surface area contributed by atoms with Crippen LogP contribution < -0.4 is 24.7 Å². The van der Waals surface area contributed by atoms with Gasteiger partial charge in [0.1, 0.15) is 18.3 Å². The summed E-state index contributed by atoms with van der Waals surface area (Å²) in [5, 5.41) is 19.8. The number of anilines is 2. The smallest absolute Gasteiger partial charge is 0.325 e. The van der Waals surface area contributed by atoms with Gasteiger partial charge in [0.15, 0.2) is 12.2 Å². The van der Waals surface area contributed by atoms with Crippen LogP contribution in [-0.4, -0.2) is 45.6 Å². The van der Waals surface area contributed by atoms with Crippen molar-refractivity contribution in [2.24, 2.45) is 12.0 Å². The summed E-state index contributed by atoms with van der Waals surface area (Å²) < 4.78 is 13.2. The Kier molecular flexibility index (Phi) is 9.12. The molecule has 3 aromatic carbocycles. The van der Waals surface area contributed by atoms with Crippen LogP contribution in [0, 0.1) is 0 Å². The summed E-state index contributed by atoms with van der Waals surface area (Å²) in [6, 6.07) is 21.7. The monoisotopic (exact) mass is 662 g/mol. The number of amides is 2. The average molecular weight is 664 g/mol. The first-order chi connectivity index (χ1) is 20.7. The van der Waals surface area contributed by atoms with Crippen molar-refractivity contribution in [3.63, 3.8) is 0 Å². The quantitative estimate of drug-likeness (QED) is 0.118. The topological polar surface area (TPSA) is 127 Å². The molecule has 0 aliphatic carbocycles. The number of rotatable bonds is 10. The second kappa shape index (κ2) is 13.1. The fourth-order valence-electron chi connectivity index (χ4n) is 4.52. The minimum Gasteiger partial charge on any atom is -0.858 e. The van der Waals surface area contributed by atoms with E-state index < -0.39 is 11.9 Å². The van der Waals surface area contributed by atoms with Crippen molar-refractivity contribution in [3.8, 4) is 5.75 Å². The maximum atomic E-state index is 13.9. The normalized spacial score (nSPS) is 15.2. The third-order valence-corrected chi connectivity index (χ3v) is 7.61. The zero-order valence-corrected chi connectivity index (χ0v) is 25.7. The van der Waals surface area contributed by atoms with Crippen molar-refractivity contribution in [1.29, 1.82) is 0 Å². The van der Waals surface area contributed by atoms with Gasteiger partial charge in [-0.1, -0.05) is 46.3 Å². The van der Waals surface area contributed by atoms with Crippen molar-refractivity contribution in [1.82, 2.24) is 10.2 Å². The highest BCUT2D eigenvalue weighted by molar-refractivity contribution is 9.10. The van der Waals surface area contributed by atoms with Crippen LogP contribution in [0.2, 0.25) is 0 Å². The fraction of sp³-hybridized carbons (Fsp3) is 0.200. The van der Waals surface area contributed by atoms with E-state index in [0.29, 0.717) is 35.0 Å². The number of carbonyl (C=O) groups excluding carboxylic acids is 2. The van der Waals surface area contributed by atoms with Gasteiger partial charge in [0.25, 0.3) is 11.6 Å². The summed E-state index contributed by atoms with van der Waals surface area (Å²) in [5.74, 6) is -0.639. The second-order valence-electron chi connectivity index (χ2n) is 9.52. The first-order valence-corrected chi connectivity index (χ1v) is 14.5. The number of nitrogens with one attached hydrogen (secondary N) is 1. The molecule has 1 aromatic heterocycles. The molecular weight excluding hydrogens is 636 g/mol. The molecule has 2 amide bonds. The molecule has 4 aromatic rings. The molecule has 11 nitrogen and oxygen atoms in total. The fourth-order valence-corrected chi connectivity index (χ4v) is 5.18. The van der Waals surface area contributed by atoms with E-state index in [9.17, 15) is 14.7 Å². The lowest BCUT2D eigenvalue weighted by atomic mass is 10.1. The van der Waals surface area contributed by atoms with Gasteiger partial charge in [0.05, 0.1) is 18.7 Å². The molecule has 1 aliphatic rings. The average Bonchev–Trinajstić information content (AvgIpc) is 3.46. The largest absolute Gasteiger partial charge is 0.858 e. The molecule has 13 heteroatoms. The lowest BCUT2D eigenvalue weighted by Crippen LogP contribution is -2.42. The zero-order valence-electron chi connectivity index (χ0n) is 23.3. The van der Waals surface area contributed by atoms with E-state index in [1.54, 1.807) is 90.8 Å². The van der Waals surface area contributed by atoms with Gasteiger partial charge in [-0.3, -0.25) is 19.0 Å². The van der Waals surface area contributed by atoms with E-state index in [4.69, 9.17) is 21.5 Å². The molecule has 220 valence electrons. The predicted octanol–water partition coefficient (Wildman–Crippen LogP) is 3.63. The summed E-state index contributed by atoms with van der Waals surface area (Å²) >= 11 is 9.19. The van der Waals surface area contributed by atoms with Crippen molar-refractivity contribution < 1.29 is 28.6 Å². The van der Waals surface area contributed by atoms with Crippen LogP contribution in [0.15, 0.2) is 92.9 Å². The Morgan fingerprint density at radius 1 is 1.14 bits per heavy atom. The van der Waals surface area contributed by atoms with Gasteiger partial charge in [-0.15, -0.1) is 0 Å². The Morgan fingerprint density at radius 3 is 2.51 bits per heavy atom. The highest BCUT2D eigenvalue weighted by Gasteiger charge is 2.46. The van der Waals surface area contributed by atoms with Gasteiger partial charge in [0.2, 0.25) is 11.2 Å². The Bertz CT molecular complexity index is 1660. The zero-order chi connectivity index (χ0) is 30.5. The number of thiocarbonyl (C=S) groups is 1. The molecule has 5 rings (SSSR count). The van der Waals surface area contributed by atoms with Crippen LogP contribution in [0.3, 0.4) is 0 Å². The number of aliphatic imine (C=N–C) groups is 1. The van der Waals surface area contributed by atoms with E-state index in [2.05, 4.69) is 31.5 Å². The summed E-state index contributed by atoms with van der Waals surface area (Å²) in [6.45, 7) is 2.38. The number of hydrogen-bond acceptors (Lipinski definition) is 8. The van der Waals surface area contributed by atoms with Crippen molar-refractivity contribution in [2.75, 3.05) is 16.8 Å². The SMILES string of the molecule is CCOc1ccc(N2C(=O)C(CC(=O)Nc3ccc(Br)cc3)N(Cc3c(/N=C(\[O-])c4ccccc4)on[n+]3C)C2=S)cc1. The Labute approximate surface area is 261 Å². The highest BCUT2D eigenvalue weighted by atomic mass is 79.9. The van der Waals surface area contributed by atoms with Gasteiger partial charge in [0, 0.05) is 10.2 Å². The molecule has 0 saturated carbocycles. The number of ether oxygens (including phenoxy) is 1. The molecular formula is C30H27BrN6O5S. The predicted molar refractivity (Wildman–Crippen MR) is 165 cm³/mol. The first-order valence-electron chi connectivity index (χ1n) is 13.3. The van der Waals surface area contributed by atoms with Crippen LogP contribution in [0.5, 0.6) is 5.75 Å². The molecule has 0 spiro atoms. The lowest BCUT2D eigenvalue weighted by molar-refractivity contribution is -0.746. The molecule has 0 radical (unpaired) electrons. The Morgan fingerprint density at radius 2 is 1.84 bits per heavy atom. The van der Waals surface area contributed by atoms with E-state index in [1.165, 1.54) is 9.58 Å². The third kappa shape index (κ3) is 6.73. The third-order valence-electron chi connectivity index (χ3n) is 6.66. The van der Waals surface area contributed by atoms with Gasteiger partial charge >= 0.3 is 5.88 Å². The Hall–Kier alpha value is -4.62. The Balaban J connectivity index is 1.46. The first kappa shape index (κ1) is 29.9. The van der Waals surface area contributed by atoms with Crippen LogP contribution in [0.4, 0.5) is 17.3 Å². The minimum absolute atomic E-state index is 0.00473. The number of benzene rings is 3. The number of aromatic nitrogens is 2. The number of hydrogen-bond donors (Lipinski definition) is 1. The molecule has 1 saturated heterocycles. The molecule has 1 aliphatic heterocycles. The van der Waals surface area contributed by atoms with E-state index in [0.717, 1.165) is 4.47 Å². The van der Waals surface area contributed by atoms with E-state index in [-0.39, 0.29) is 35.8 Å².